The summed E-state index contributed by atoms with van der Waals surface area (Å²) in [5.41, 5.74) is 9.78. The van der Waals surface area contributed by atoms with Crippen LogP contribution in [0.5, 0.6) is 0 Å². The molecule has 0 aliphatic carbocycles. The van der Waals surface area contributed by atoms with E-state index < -0.39 is 0 Å². The highest BCUT2D eigenvalue weighted by Crippen LogP contribution is 2.31. The Kier molecular flexibility index (Phi) is 4.91. The quantitative estimate of drug-likeness (QED) is 0.669. The maximum Gasteiger partial charge on any atom is 0.141 e. The summed E-state index contributed by atoms with van der Waals surface area (Å²) >= 11 is 1.61. The van der Waals surface area contributed by atoms with E-state index in [1.807, 2.05) is 23.6 Å². The molecule has 1 aromatic heterocycles. The summed E-state index contributed by atoms with van der Waals surface area (Å²) in [5, 5.41) is 2.01. The van der Waals surface area contributed by atoms with Gasteiger partial charge in [-0.1, -0.05) is 26.8 Å². The van der Waals surface area contributed by atoms with E-state index in [2.05, 4.69) is 56.9 Å². The van der Waals surface area contributed by atoms with Crippen LogP contribution in [0, 0.1) is 5.41 Å². The second-order valence-corrected chi connectivity index (χ2v) is 7.87. The Bertz CT molecular complexity index is 649. The molecule has 1 aromatic carbocycles. The first-order chi connectivity index (χ1) is 10.3. The number of nitrogens with zero attached hydrogens (tertiary/aromatic N) is 2. The molecule has 118 valence electrons. The van der Waals surface area contributed by atoms with Gasteiger partial charge in [0.15, 0.2) is 0 Å². The molecule has 0 saturated heterocycles. The van der Waals surface area contributed by atoms with Gasteiger partial charge in [-0.3, -0.25) is 0 Å². The van der Waals surface area contributed by atoms with Gasteiger partial charge in [0.2, 0.25) is 0 Å². The molecule has 0 radical (unpaired) electrons. The molecule has 1 heterocycles. The van der Waals surface area contributed by atoms with Crippen molar-refractivity contribution < 1.29 is 0 Å². The predicted octanol–water partition coefficient (Wildman–Crippen LogP) is 4.44. The Morgan fingerprint density at radius 2 is 1.95 bits per heavy atom. The fourth-order valence-corrected chi connectivity index (χ4v) is 3.04. The third-order valence-corrected chi connectivity index (χ3v) is 4.18. The molecule has 0 unspecified atom stereocenters. The van der Waals surface area contributed by atoms with Crippen molar-refractivity contribution in [3.8, 4) is 0 Å². The summed E-state index contributed by atoms with van der Waals surface area (Å²) in [5.74, 6) is 0.578. The Morgan fingerprint density at radius 3 is 2.50 bits per heavy atom. The topological polar surface area (TPSA) is 41.6 Å². The lowest BCUT2D eigenvalue weighted by molar-refractivity contribution is 0.411. The van der Waals surface area contributed by atoms with E-state index in [9.17, 15) is 0 Å². The van der Waals surface area contributed by atoms with E-state index in [-0.39, 0.29) is 5.41 Å². The number of hydrogen-bond acceptors (Lipinski definition) is 3. The molecule has 2 rings (SSSR count). The summed E-state index contributed by atoms with van der Waals surface area (Å²) in [6, 6.07) is 10.3. The van der Waals surface area contributed by atoms with Crippen LogP contribution in [0.1, 0.15) is 31.2 Å². The number of nitrogens with two attached hydrogens (primary N) is 1. The van der Waals surface area contributed by atoms with Crippen LogP contribution in [0.3, 0.4) is 0 Å². The molecular formula is C18H25N3S. The van der Waals surface area contributed by atoms with Gasteiger partial charge in [0.1, 0.15) is 5.84 Å². The zero-order chi connectivity index (χ0) is 16.3. The molecule has 2 N–H and O–H groups in total. The molecule has 4 heteroatoms. The van der Waals surface area contributed by atoms with Crippen LogP contribution >= 0.6 is 11.3 Å². The van der Waals surface area contributed by atoms with Crippen molar-refractivity contribution in [2.45, 2.75) is 27.2 Å². The van der Waals surface area contributed by atoms with Crippen molar-refractivity contribution >= 4 is 28.5 Å². The van der Waals surface area contributed by atoms with Crippen molar-refractivity contribution in [2.75, 3.05) is 19.0 Å². The van der Waals surface area contributed by atoms with Crippen LogP contribution in [0.4, 0.5) is 11.4 Å². The van der Waals surface area contributed by atoms with E-state index in [1.165, 1.54) is 11.3 Å². The second kappa shape index (κ2) is 6.53. The van der Waals surface area contributed by atoms with Gasteiger partial charge in [0, 0.05) is 19.8 Å². The summed E-state index contributed by atoms with van der Waals surface area (Å²) < 4.78 is 0. The lowest BCUT2D eigenvalue weighted by Crippen LogP contribution is -2.16. The first kappa shape index (κ1) is 16.6. The van der Waals surface area contributed by atoms with Crippen molar-refractivity contribution in [3.05, 3.63) is 46.2 Å². The third kappa shape index (κ3) is 4.34. The first-order valence-corrected chi connectivity index (χ1v) is 8.32. The van der Waals surface area contributed by atoms with Gasteiger partial charge >= 0.3 is 0 Å². The lowest BCUT2D eigenvalue weighted by atomic mass is 9.87. The molecule has 0 bridgehead atoms. The van der Waals surface area contributed by atoms with Gasteiger partial charge in [0.05, 0.1) is 10.6 Å². The largest absolute Gasteiger partial charge is 0.383 e. The maximum absolute atomic E-state index is 6.10. The minimum Gasteiger partial charge on any atom is -0.383 e. The molecule has 2 aromatic rings. The molecule has 0 atom stereocenters. The molecule has 22 heavy (non-hydrogen) atoms. The minimum atomic E-state index is 0.229. The highest BCUT2D eigenvalue weighted by molar-refractivity contribution is 7.12. The van der Waals surface area contributed by atoms with E-state index >= 15 is 0 Å². The van der Waals surface area contributed by atoms with E-state index in [0.717, 1.165) is 17.0 Å². The van der Waals surface area contributed by atoms with Crippen molar-refractivity contribution in [2.24, 2.45) is 16.1 Å². The number of amidine groups is 1. The Balaban J connectivity index is 2.38. The molecule has 0 aliphatic rings. The second-order valence-electron chi connectivity index (χ2n) is 6.92. The predicted molar refractivity (Wildman–Crippen MR) is 98.6 cm³/mol. The highest BCUT2D eigenvalue weighted by atomic mass is 32.1. The van der Waals surface area contributed by atoms with Gasteiger partial charge in [-0.25, -0.2) is 4.99 Å². The molecule has 0 aliphatic heterocycles. The molecule has 3 nitrogen and oxygen atoms in total. The zero-order valence-corrected chi connectivity index (χ0v) is 14.9. The summed E-state index contributed by atoms with van der Waals surface area (Å²) in [6.07, 6.45) is 1.00. The van der Waals surface area contributed by atoms with Crippen molar-refractivity contribution in [3.63, 3.8) is 0 Å². The fourth-order valence-electron chi connectivity index (χ4n) is 2.41. The van der Waals surface area contributed by atoms with E-state index in [1.54, 1.807) is 11.3 Å². The van der Waals surface area contributed by atoms with Crippen molar-refractivity contribution in [1.29, 1.82) is 0 Å². The van der Waals surface area contributed by atoms with Crippen molar-refractivity contribution in [1.82, 2.24) is 0 Å². The monoisotopic (exact) mass is 315 g/mol. The molecule has 0 spiro atoms. The Labute approximate surface area is 137 Å². The molecule has 0 saturated carbocycles. The van der Waals surface area contributed by atoms with Gasteiger partial charge in [0.25, 0.3) is 0 Å². The number of rotatable bonds is 4. The summed E-state index contributed by atoms with van der Waals surface area (Å²) in [6.45, 7) is 6.76. The van der Waals surface area contributed by atoms with Crippen LogP contribution in [0.15, 0.2) is 40.7 Å². The van der Waals surface area contributed by atoms with Crippen LogP contribution in [-0.4, -0.2) is 19.9 Å². The Hall–Kier alpha value is -1.81. The average molecular weight is 315 g/mol. The number of benzene rings is 1. The standard InChI is InChI=1S/C18H25N3S/c1-18(2,3)12-13-11-14(8-9-15(13)21(4)5)20-17(19)16-7-6-10-22-16/h6-11H,12H2,1-5H3,(H2,19,20). The number of hydrogen-bond donors (Lipinski definition) is 1. The lowest BCUT2D eigenvalue weighted by Gasteiger charge is -2.24. The van der Waals surface area contributed by atoms with Crippen LogP contribution in [0.25, 0.3) is 0 Å². The van der Waals surface area contributed by atoms with Gasteiger partial charge < -0.3 is 10.6 Å². The van der Waals surface area contributed by atoms with Gasteiger partial charge in [-0.15, -0.1) is 11.3 Å². The number of thiophene rings is 1. The Morgan fingerprint density at radius 1 is 1.23 bits per heavy atom. The van der Waals surface area contributed by atoms with E-state index in [4.69, 9.17) is 5.73 Å². The molecule has 0 fully saturated rings. The zero-order valence-electron chi connectivity index (χ0n) is 14.1. The summed E-state index contributed by atoms with van der Waals surface area (Å²) in [7, 11) is 4.15. The average Bonchev–Trinajstić information content (AvgIpc) is 2.90. The van der Waals surface area contributed by atoms with Crippen LogP contribution in [-0.2, 0) is 6.42 Å². The highest BCUT2D eigenvalue weighted by Gasteiger charge is 2.15. The smallest absolute Gasteiger partial charge is 0.141 e. The van der Waals surface area contributed by atoms with E-state index in [0.29, 0.717) is 5.84 Å². The van der Waals surface area contributed by atoms with Crippen LogP contribution < -0.4 is 10.6 Å². The minimum absolute atomic E-state index is 0.229. The third-order valence-electron chi connectivity index (χ3n) is 3.29. The normalized spacial score (nSPS) is 12.5. The number of anilines is 1. The SMILES string of the molecule is CN(C)c1ccc(N=C(N)c2cccs2)cc1CC(C)(C)C. The molecule has 0 amide bonds. The first-order valence-electron chi connectivity index (χ1n) is 7.44. The molecular weight excluding hydrogens is 290 g/mol. The number of aliphatic imine (C=N–C) groups is 1. The van der Waals surface area contributed by atoms with Crippen LogP contribution in [0.2, 0.25) is 0 Å². The summed E-state index contributed by atoms with van der Waals surface area (Å²) in [4.78, 5) is 7.74. The fraction of sp³-hybridized carbons (Fsp3) is 0.389. The van der Waals surface area contributed by atoms with Gasteiger partial charge in [-0.2, -0.15) is 0 Å². The maximum atomic E-state index is 6.10. The van der Waals surface area contributed by atoms with Gasteiger partial charge in [-0.05, 0) is 47.0 Å².